The molecule has 2 fully saturated rings. The summed E-state index contributed by atoms with van der Waals surface area (Å²) in [6.07, 6.45) is 5.57. The predicted octanol–water partition coefficient (Wildman–Crippen LogP) is 6.31. The van der Waals surface area contributed by atoms with E-state index in [1.54, 1.807) is 0 Å². The van der Waals surface area contributed by atoms with Crippen LogP contribution >= 0.6 is 21.8 Å². The molecule has 0 unspecified atom stereocenters. The zero-order valence-electron chi connectivity index (χ0n) is 24.6. The van der Waals surface area contributed by atoms with Crippen molar-refractivity contribution in [1.29, 1.82) is 0 Å². The SMILES string of the molecule is CC(C)S(C)(C(C)C)C(C)C.Nc1ccc(-c2nc(N3CCOCC3)cc(C3(SCCCO)CC3)n2)cc1. The lowest BCUT2D eigenvalue weighted by Crippen LogP contribution is -2.37. The number of hydrogen-bond donors (Lipinski definition) is 2. The number of hydrogen-bond acceptors (Lipinski definition) is 7. The van der Waals surface area contributed by atoms with Crippen LogP contribution in [-0.4, -0.2) is 75.7 Å². The Bertz CT molecular complexity index is 982. The van der Waals surface area contributed by atoms with Crippen molar-refractivity contribution in [3.05, 3.63) is 36.0 Å². The van der Waals surface area contributed by atoms with E-state index in [0.717, 1.165) is 95.7 Å². The second kappa shape index (κ2) is 13.7. The van der Waals surface area contributed by atoms with Crippen LogP contribution in [0.25, 0.3) is 11.4 Å². The minimum atomic E-state index is -0.389. The predicted molar refractivity (Wildman–Crippen MR) is 169 cm³/mol. The summed E-state index contributed by atoms with van der Waals surface area (Å²) in [6, 6.07) is 9.91. The van der Waals surface area contributed by atoms with Gasteiger partial charge in [0, 0.05) is 37.0 Å². The Labute approximate surface area is 236 Å². The van der Waals surface area contributed by atoms with Crippen molar-refractivity contribution in [2.75, 3.05) is 55.6 Å². The highest BCUT2D eigenvalue weighted by Crippen LogP contribution is 2.57. The molecule has 2 aliphatic rings. The van der Waals surface area contributed by atoms with Gasteiger partial charge in [-0.25, -0.2) is 20.0 Å². The van der Waals surface area contributed by atoms with Crippen LogP contribution in [-0.2, 0) is 9.48 Å². The van der Waals surface area contributed by atoms with E-state index < -0.39 is 0 Å². The third-order valence-corrected chi connectivity index (χ3v) is 15.9. The van der Waals surface area contributed by atoms with Crippen molar-refractivity contribution in [3.8, 4) is 11.4 Å². The van der Waals surface area contributed by atoms with Gasteiger partial charge >= 0.3 is 0 Å². The van der Waals surface area contributed by atoms with Gasteiger partial charge in [-0.2, -0.15) is 0 Å². The highest BCUT2D eigenvalue weighted by atomic mass is 32.3. The standard InChI is InChI=1S/C20H26N4O2S.C10H24S/c21-16-4-2-15(3-5-16)19-22-17(20(6-7-20)27-13-1-10-25)14-18(23-19)24-8-11-26-12-9-24;1-8(2)11(7,9(3)4)10(5)6/h2-5,14,25H,1,6-13,21H2;8-10H,1-7H3. The van der Waals surface area contributed by atoms with E-state index in [4.69, 9.17) is 25.5 Å². The molecule has 1 aromatic heterocycles. The van der Waals surface area contributed by atoms with Crippen LogP contribution in [0.2, 0.25) is 0 Å². The summed E-state index contributed by atoms with van der Waals surface area (Å²) in [5.74, 6) is 2.68. The van der Waals surface area contributed by atoms with Crippen molar-refractivity contribution >= 4 is 33.3 Å². The molecule has 38 heavy (non-hydrogen) atoms. The summed E-state index contributed by atoms with van der Waals surface area (Å²) >= 11 is 1.92. The van der Waals surface area contributed by atoms with Gasteiger partial charge in [0.2, 0.25) is 0 Å². The van der Waals surface area contributed by atoms with E-state index in [1.807, 2.05) is 36.0 Å². The molecule has 0 amide bonds. The van der Waals surface area contributed by atoms with Crippen molar-refractivity contribution in [3.63, 3.8) is 0 Å². The molecule has 0 atom stereocenters. The Hall–Kier alpha value is -1.48. The minimum Gasteiger partial charge on any atom is -0.399 e. The molecule has 1 aliphatic carbocycles. The Morgan fingerprint density at radius 2 is 1.58 bits per heavy atom. The fourth-order valence-electron chi connectivity index (χ4n) is 4.94. The van der Waals surface area contributed by atoms with Crippen LogP contribution in [0.1, 0.15) is 66.5 Å². The molecule has 2 aromatic rings. The summed E-state index contributed by atoms with van der Waals surface area (Å²) in [5, 5.41) is 11.7. The number of anilines is 2. The summed E-state index contributed by atoms with van der Waals surface area (Å²) in [4.78, 5) is 12.1. The van der Waals surface area contributed by atoms with Gasteiger partial charge in [0.15, 0.2) is 5.82 Å². The molecule has 214 valence electrons. The van der Waals surface area contributed by atoms with Crippen molar-refractivity contribution in [1.82, 2.24) is 9.97 Å². The van der Waals surface area contributed by atoms with Crippen LogP contribution in [0.15, 0.2) is 30.3 Å². The fraction of sp³-hybridized carbons (Fsp3) is 0.667. The minimum absolute atomic E-state index is 0.0711. The number of aliphatic hydroxyl groups excluding tert-OH is 1. The Balaban J connectivity index is 0.000000310. The van der Waals surface area contributed by atoms with Gasteiger partial charge in [-0.1, -0.05) is 41.5 Å². The molecule has 0 spiro atoms. The Morgan fingerprint density at radius 1 is 1.00 bits per heavy atom. The first kappa shape index (κ1) is 31.1. The van der Waals surface area contributed by atoms with Gasteiger partial charge in [-0.3, -0.25) is 0 Å². The average Bonchev–Trinajstić information content (AvgIpc) is 3.70. The van der Waals surface area contributed by atoms with E-state index in [9.17, 15) is 0 Å². The number of thioether (sulfide) groups is 1. The number of rotatable bonds is 10. The largest absolute Gasteiger partial charge is 0.399 e. The first-order valence-electron chi connectivity index (χ1n) is 14.1. The lowest BCUT2D eigenvalue weighted by Gasteiger charge is -2.48. The third-order valence-electron chi connectivity index (χ3n) is 8.12. The van der Waals surface area contributed by atoms with Gasteiger partial charge in [0.05, 0.1) is 23.7 Å². The van der Waals surface area contributed by atoms with Gasteiger partial charge in [0.25, 0.3) is 0 Å². The molecule has 3 N–H and O–H groups in total. The molecule has 1 aliphatic heterocycles. The van der Waals surface area contributed by atoms with Crippen LogP contribution in [0, 0.1) is 0 Å². The van der Waals surface area contributed by atoms with Crippen LogP contribution in [0.4, 0.5) is 11.5 Å². The number of nitrogens with zero attached hydrogens (tertiary/aromatic N) is 3. The van der Waals surface area contributed by atoms with E-state index in [0.29, 0.717) is 0 Å². The third kappa shape index (κ3) is 7.58. The van der Waals surface area contributed by atoms with Crippen LogP contribution < -0.4 is 10.6 Å². The summed E-state index contributed by atoms with van der Waals surface area (Å²) in [6.45, 7) is 17.6. The van der Waals surface area contributed by atoms with Crippen molar-refractivity contribution in [2.24, 2.45) is 0 Å². The first-order valence-corrected chi connectivity index (χ1v) is 17.3. The molecular formula is C30H50N4O2S2. The molecule has 6 nitrogen and oxygen atoms in total. The second-order valence-electron chi connectivity index (χ2n) is 11.3. The zero-order valence-corrected chi connectivity index (χ0v) is 26.2. The van der Waals surface area contributed by atoms with E-state index >= 15 is 0 Å². The number of nitrogen functional groups attached to an aromatic ring is 1. The average molecular weight is 563 g/mol. The maximum atomic E-state index is 9.12. The topological polar surface area (TPSA) is 84.5 Å². The molecule has 2 heterocycles. The molecule has 0 radical (unpaired) electrons. The molecule has 1 aromatic carbocycles. The fourth-order valence-corrected chi connectivity index (χ4v) is 9.51. The molecule has 0 bridgehead atoms. The monoisotopic (exact) mass is 562 g/mol. The first-order chi connectivity index (χ1) is 18.0. The van der Waals surface area contributed by atoms with Gasteiger partial charge in [-0.15, -0.1) is 11.8 Å². The summed E-state index contributed by atoms with van der Waals surface area (Å²) in [5.41, 5.74) is 8.67. The molecular weight excluding hydrogens is 512 g/mol. The van der Waals surface area contributed by atoms with Crippen LogP contribution in [0.3, 0.4) is 0 Å². The number of aromatic nitrogens is 2. The number of benzene rings is 1. The normalized spacial score (nSPS) is 17.5. The van der Waals surface area contributed by atoms with E-state index in [1.165, 1.54) is 0 Å². The highest BCUT2D eigenvalue weighted by Gasteiger charge is 2.46. The Kier molecular flexibility index (Phi) is 11.2. The summed E-state index contributed by atoms with van der Waals surface area (Å²) < 4.78 is 5.57. The summed E-state index contributed by atoms with van der Waals surface area (Å²) in [7, 11) is -0.389. The maximum absolute atomic E-state index is 9.12. The second-order valence-corrected chi connectivity index (χ2v) is 17.9. The number of aliphatic hydroxyl groups is 1. The van der Waals surface area contributed by atoms with E-state index in [-0.39, 0.29) is 21.4 Å². The van der Waals surface area contributed by atoms with Gasteiger partial charge in [-0.05, 0) is 71.3 Å². The maximum Gasteiger partial charge on any atom is 0.161 e. The molecule has 1 saturated carbocycles. The Morgan fingerprint density at radius 3 is 2.05 bits per heavy atom. The van der Waals surface area contributed by atoms with E-state index in [2.05, 4.69) is 58.8 Å². The molecule has 1 saturated heterocycles. The number of morpholine rings is 1. The van der Waals surface area contributed by atoms with Crippen molar-refractivity contribution in [2.45, 2.75) is 81.3 Å². The number of ether oxygens (including phenoxy) is 1. The van der Waals surface area contributed by atoms with Crippen molar-refractivity contribution < 1.29 is 9.84 Å². The lowest BCUT2D eigenvalue weighted by molar-refractivity contribution is 0.122. The quantitative estimate of drug-likeness (QED) is 0.259. The smallest absolute Gasteiger partial charge is 0.161 e. The molecule has 4 rings (SSSR count). The highest BCUT2D eigenvalue weighted by molar-refractivity contribution is 8.34. The van der Waals surface area contributed by atoms with Gasteiger partial charge in [0.1, 0.15) is 5.82 Å². The molecule has 8 heteroatoms. The van der Waals surface area contributed by atoms with Gasteiger partial charge < -0.3 is 20.5 Å². The lowest BCUT2D eigenvalue weighted by atomic mass is 10.1. The zero-order chi connectivity index (χ0) is 27.9. The number of nitrogens with two attached hydrogens (primary N) is 1. The van der Waals surface area contributed by atoms with Crippen LogP contribution in [0.5, 0.6) is 0 Å².